The van der Waals surface area contributed by atoms with Crippen LogP contribution < -0.4 is 10.2 Å². The van der Waals surface area contributed by atoms with E-state index in [4.69, 9.17) is 0 Å². The summed E-state index contributed by atoms with van der Waals surface area (Å²) in [5, 5.41) is 26.9. The highest BCUT2D eigenvalue weighted by Gasteiger charge is 2.22. The largest absolute Gasteiger partial charge is 0.304 e. The molecule has 1 aromatic heterocycles. The lowest BCUT2D eigenvalue weighted by atomic mass is 9.84. The van der Waals surface area contributed by atoms with Gasteiger partial charge in [0.15, 0.2) is 0 Å². The summed E-state index contributed by atoms with van der Waals surface area (Å²) in [6.07, 6.45) is 6.07. The second-order valence-corrected chi connectivity index (χ2v) is 9.51. The van der Waals surface area contributed by atoms with Crippen LogP contribution >= 0.6 is 0 Å². The van der Waals surface area contributed by atoms with Crippen LogP contribution in [0.4, 0.5) is 17.3 Å². The number of aromatic nitrogens is 4. The monoisotopic (exact) mass is 525 g/mol. The highest BCUT2D eigenvalue weighted by Crippen LogP contribution is 2.34. The predicted octanol–water partition coefficient (Wildman–Crippen LogP) is 5.25. The van der Waals surface area contributed by atoms with Gasteiger partial charge < -0.3 is 4.90 Å². The number of nitro benzene ring substituents is 1. The molecule has 1 saturated carbocycles. The van der Waals surface area contributed by atoms with Crippen LogP contribution in [0.25, 0.3) is 0 Å². The molecule has 0 radical (unpaired) electrons. The lowest BCUT2D eigenvalue weighted by molar-refractivity contribution is -0.384. The summed E-state index contributed by atoms with van der Waals surface area (Å²) < 4.78 is 0. The molecule has 11 heteroatoms. The molecule has 11 nitrogen and oxygen atoms in total. The van der Waals surface area contributed by atoms with Crippen molar-refractivity contribution >= 4 is 29.1 Å². The Bertz CT molecular complexity index is 1450. The zero-order valence-corrected chi connectivity index (χ0v) is 21.1. The minimum Gasteiger partial charge on any atom is -0.304 e. The molecule has 2 N–H and O–H groups in total. The Morgan fingerprint density at radius 1 is 0.974 bits per heavy atom. The summed E-state index contributed by atoms with van der Waals surface area (Å²) in [4.78, 5) is 38.5. The molecule has 0 spiro atoms. The molecule has 4 aromatic rings. The number of H-pyrrole nitrogens is 1. The highest BCUT2D eigenvalue weighted by molar-refractivity contribution is 6.06. The fourth-order valence-corrected chi connectivity index (χ4v) is 4.88. The molecule has 39 heavy (non-hydrogen) atoms. The van der Waals surface area contributed by atoms with Crippen LogP contribution in [0, 0.1) is 10.1 Å². The first-order valence-electron chi connectivity index (χ1n) is 12.8. The standard InChI is InChI=1S/C28H27N7O4/c36-26(29-28-30-32-33-31-28)22-11-9-19(10-12-22)18-34(27(37)23-7-4-8-25(17-23)35(38)39)24-15-13-21(14-16-24)20-5-2-1-3-6-20/h4,7-17,20H,1-3,5-6,18H2,(H2,29,30,31,32,33,36). The average Bonchev–Trinajstić information content (AvgIpc) is 3.49. The molecule has 0 saturated heterocycles. The molecular formula is C28H27N7O4. The van der Waals surface area contributed by atoms with Crippen LogP contribution in [0.1, 0.15) is 69.9 Å². The fraction of sp³-hybridized carbons (Fsp3) is 0.250. The number of nitrogens with one attached hydrogen (secondary N) is 2. The van der Waals surface area contributed by atoms with Crippen molar-refractivity contribution in [2.24, 2.45) is 0 Å². The number of anilines is 2. The van der Waals surface area contributed by atoms with Crippen molar-refractivity contribution < 1.29 is 14.5 Å². The van der Waals surface area contributed by atoms with E-state index in [0.29, 0.717) is 17.2 Å². The number of aromatic amines is 1. The number of amides is 2. The normalized spacial score (nSPS) is 13.5. The summed E-state index contributed by atoms with van der Waals surface area (Å²) in [5.41, 5.74) is 3.18. The van der Waals surface area contributed by atoms with E-state index in [1.807, 2.05) is 12.1 Å². The minimum absolute atomic E-state index is 0.0643. The van der Waals surface area contributed by atoms with E-state index in [0.717, 1.165) is 5.56 Å². The summed E-state index contributed by atoms with van der Waals surface area (Å²) in [5.74, 6) is -0.164. The number of tetrazole rings is 1. The van der Waals surface area contributed by atoms with Gasteiger partial charge in [0.2, 0.25) is 0 Å². The molecule has 1 fully saturated rings. The van der Waals surface area contributed by atoms with Gasteiger partial charge in [0.05, 0.1) is 11.5 Å². The Balaban J connectivity index is 1.40. The average molecular weight is 526 g/mol. The van der Waals surface area contributed by atoms with Crippen molar-refractivity contribution in [3.8, 4) is 0 Å². The second-order valence-electron chi connectivity index (χ2n) is 9.51. The van der Waals surface area contributed by atoms with E-state index in [-0.39, 0.29) is 29.7 Å². The molecule has 0 aliphatic heterocycles. The van der Waals surface area contributed by atoms with Crippen molar-refractivity contribution in [1.82, 2.24) is 20.6 Å². The van der Waals surface area contributed by atoms with Gasteiger partial charge in [-0.25, -0.2) is 0 Å². The number of nitro groups is 1. The van der Waals surface area contributed by atoms with Crippen molar-refractivity contribution in [2.45, 2.75) is 44.6 Å². The lowest BCUT2D eigenvalue weighted by Gasteiger charge is -2.25. The Morgan fingerprint density at radius 2 is 1.72 bits per heavy atom. The highest BCUT2D eigenvalue weighted by atomic mass is 16.6. The minimum atomic E-state index is -0.515. The van der Waals surface area contributed by atoms with Crippen LogP contribution in [0.3, 0.4) is 0 Å². The van der Waals surface area contributed by atoms with E-state index in [1.165, 1.54) is 55.9 Å². The number of hydrogen-bond donors (Lipinski definition) is 2. The maximum atomic E-state index is 13.7. The molecule has 3 aromatic carbocycles. The summed E-state index contributed by atoms with van der Waals surface area (Å²) in [7, 11) is 0. The van der Waals surface area contributed by atoms with Crippen LogP contribution in [-0.2, 0) is 6.54 Å². The molecule has 0 bridgehead atoms. The Labute approximate surface area is 224 Å². The molecule has 1 aliphatic carbocycles. The Kier molecular flexibility index (Phi) is 7.67. The summed E-state index contributed by atoms with van der Waals surface area (Å²) in [6, 6.07) is 20.6. The van der Waals surface area contributed by atoms with Gasteiger partial charge in [-0.3, -0.25) is 25.0 Å². The first kappa shape index (κ1) is 25.7. The zero-order chi connectivity index (χ0) is 27.2. The summed E-state index contributed by atoms with van der Waals surface area (Å²) >= 11 is 0. The number of non-ortho nitro benzene ring substituents is 1. The predicted molar refractivity (Wildman–Crippen MR) is 144 cm³/mol. The number of benzene rings is 3. The van der Waals surface area contributed by atoms with Crippen molar-refractivity contribution in [3.63, 3.8) is 0 Å². The third kappa shape index (κ3) is 6.15. The van der Waals surface area contributed by atoms with Gasteiger partial charge in [-0.1, -0.05) is 54.7 Å². The van der Waals surface area contributed by atoms with E-state index in [2.05, 4.69) is 38.1 Å². The van der Waals surface area contributed by atoms with Crippen LogP contribution in [0.5, 0.6) is 0 Å². The molecule has 1 heterocycles. The molecule has 2 amide bonds. The number of carbonyl (C=O) groups excluding carboxylic acids is 2. The van der Waals surface area contributed by atoms with Crippen molar-refractivity contribution in [1.29, 1.82) is 0 Å². The third-order valence-electron chi connectivity index (χ3n) is 6.96. The number of carbonyl (C=O) groups is 2. The zero-order valence-electron chi connectivity index (χ0n) is 21.1. The van der Waals surface area contributed by atoms with Gasteiger partial charge in [-0.15, -0.1) is 5.10 Å². The Morgan fingerprint density at radius 3 is 2.38 bits per heavy atom. The van der Waals surface area contributed by atoms with E-state index in [1.54, 1.807) is 35.2 Å². The second kappa shape index (κ2) is 11.6. The van der Waals surface area contributed by atoms with Crippen LogP contribution in [0.15, 0.2) is 72.8 Å². The third-order valence-corrected chi connectivity index (χ3v) is 6.96. The fourth-order valence-electron chi connectivity index (χ4n) is 4.88. The van der Waals surface area contributed by atoms with E-state index in [9.17, 15) is 19.7 Å². The summed E-state index contributed by atoms with van der Waals surface area (Å²) in [6.45, 7) is 0.205. The van der Waals surface area contributed by atoms with Gasteiger partial charge in [-0.05, 0) is 65.4 Å². The first-order chi connectivity index (χ1) is 19.0. The van der Waals surface area contributed by atoms with Gasteiger partial charge in [-0.2, -0.15) is 5.21 Å². The quantitative estimate of drug-likeness (QED) is 0.236. The molecule has 0 unspecified atom stereocenters. The molecule has 5 rings (SSSR count). The van der Waals surface area contributed by atoms with Gasteiger partial charge in [0, 0.05) is 28.9 Å². The molecule has 198 valence electrons. The SMILES string of the molecule is O=C(Nc1nn[nH]n1)c1ccc(CN(C(=O)c2cccc([N+](=O)[O-])c2)c2ccc(C3CCCCC3)cc2)cc1. The maximum absolute atomic E-state index is 13.7. The van der Waals surface area contributed by atoms with Crippen LogP contribution in [-0.4, -0.2) is 37.4 Å². The van der Waals surface area contributed by atoms with Gasteiger partial charge in [0.1, 0.15) is 0 Å². The Hall–Kier alpha value is -4.93. The topological polar surface area (TPSA) is 147 Å². The lowest BCUT2D eigenvalue weighted by Crippen LogP contribution is -2.30. The number of hydrogen-bond acceptors (Lipinski definition) is 7. The van der Waals surface area contributed by atoms with Crippen molar-refractivity contribution in [2.75, 3.05) is 10.2 Å². The van der Waals surface area contributed by atoms with Crippen LogP contribution in [0.2, 0.25) is 0 Å². The first-order valence-corrected chi connectivity index (χ1v) is 12.8. The van der Waals surface area contributed by atoms with Crippen molar-refractivity contribution in [3.05, 3.63) is 105 Å². The molecule has 1 aliphatic rings. The maximum Gasteiger partial charge on any atom is 0.270 e. The smallest absolute Gasteiger partial charge is 0.270 e. The molecular weight excluding hydrogens is 498 g/mol. The van der Waals surface area contributed by atoms with Gasteiger partial charge >= 0.3 is 0 Å². The van der Waals surface area contributed by atoms with Gasteiger partial charge in [0.25, 0.3) is 23.5 Å². The van der Waals surface area contributed by atoms with E-state index >= 15 is 0 Å². The number of rotatable bonds is 8. The molecule has 0 atom stereocenters. The van der Waals surface area contributed by atoms with E-state index < -0.39 is 10.8 Å². The number of nitrogens with zero attached hydrogens (tertiary/aromatic N) is 5.